The number of amidine groups is 1. The number of aliphatic imine (C=N–C) groups is 1. The molecule has 0 bridgehead atoms. The highest BCUT2D eigenvalue weighted by Gasteiger charge is 2.13. The summed E-state index contributed by atoms with van der Waals surface area (Å²) in [4.78, 5) is 12.6. The standard InChI is InChI=1S/C14H21N5/c1-5-11(9-12-18-7-6-8-19-12)13(10(2)16-3)14(15)17-4/h5-8,16H,9H2,1-4H3,(H2,15,17)/b11-5-,13-10-. The van der Waals surface area contributed by atoms with E-state index in [2.05, 4.69) is 20.3 Å². The maximum atomic E-state index is 5.99. The fourth-order valence-corrected chi connectivity index (χ4v) is 1.76. The van der Waals surface area contributed by atoms with Gasteiger partial charge < -0.3 is 11.1 Å². The summed E-state index contributed by atoms with van der Waals surface area (Å²) in [5.74, 6) is 1.27. The summed E-state index contributed by atoms with van der Waals surface area (Å²) in [6.45, 7) is 3.95. The van der Waals surface area contributed by atoms with E-state index in [1.807, 2.05) is 27.0 Å². The summed E-state index contributed by atoms with van der Waals surface area (Å²) < 4.78 is 0. The molecule has 0 aliphatic carbocycles. The molecule has 5 heteroatoms. The zero-order chi connectivity index (χ0) is 14.3. The second kappa shape index (κ2) is 7.31. The molecule has 102 valence electrons. The van der Waals surface area contributed by atoms with Gasteiger partial charge in [0.25, 0.3) is 0 Å². The van der Waals surface area contributed by atoms with Gasteiger partial charge in [-0.25, -0.2) is 9.97 Å². The number of nitrogens with zero attached hydrogens (tertiary/aromatic N) is 3. The Kier molecular flexibility index (Phi) is 5.73. The van der Waals surface area contributed by atoms with Crippen LogP contribution < -0.4 is 11.1 Å². The fraction of sp³-hybridized carbons (Fsp3) is 0.357. The van der Waals surface area contributed by atoms with Crippen molar-refractivity contribution >= 4 is 5.84 Å². The van der Waals surface area contributed by atoms with E-state index >= 15 is 0 Å². The quantitative estimate of drug-likeness (QED) is 0.476. The molecule has 0 saturated heterocycles. The van der Waals surface area contributed by atoms with E-state index in [0.29, 0.717) is 12.3 Å². The zero-order valence-corrected chi connectivity index (χ0v) is 11.9. The molecule has 0 spiro atoms. The Balaban J connectivity index is 3.14. The molecule has 0 aromatic carbocycles. The lowest BCUT2D eigenvalue weighted by Gasteiger charge is -2.14. The van der Waals surface area contributed by atoms with Crippen LogP contribution in [0.15, 0.2) is 46.4 Å². The Morgan fingerprint density at radius 2 is 2.05 bits per heavy atom. The third-order valence-electron chi connectivity index (χ3n) is 2.88. The highest BCUT2D eigenvalue weighted by molar-refractivity contribution is 6.01. The van der Waals surface area contributed by atoms with Gasteiger partial charge in [-0.15, -0.1) is 0 Å². The minimum absolute atomic E-state index is 0.510. The van der Waals surface area contributed by atoms with Crippen LogP contribution in [0.3, 0.4) is 0 Å². The highest BCUT2D eigenvalue weighted by Crippen LogP contribution is 2.17. The Morgan fingerprint density at radius 3 is 2.53 bits per heavy atom. The molecule has 0 saturated carbocycles. The van der Waals surface area contributed by atoms with E-state index < -0.39 is 0 Å². The van der Waals surface area contributed by atoms with Crippen LogP contribution >= 0.6 is 0 Å². The number of hydrogen-bond acceptors (Lipinski definition) is 4. The lowest BCUT2D eigenvalue weighted by atomic mass is 9.99. The Bertz CT molecular complexity index is 500. The molecule has 1 heterocycles. The van der Waals surface area contributed by atoms with Gasteiger partial charge in [0.05, 0.1) is 0 Å². The Labute approximate surface area is 114 Å². The average Bonchev–Trinajstić information content (AvgIpc) is 2.46. The molecular formula is C14H21N5. The molecule has 0 amide bonds. The van der Waals surface area contributed by atoms with E-state index in [9.17, 15) is 0 Å². The predicted octanol–water partition coefficient (Wildman–Crippen LogP) is 1.45. The maximum absolute atomic E-state index is 5.99. The minimum atomic E-state index is 0.510. The van der Waals surface area contributed by atoms with Crippen LogP contribution in [0.2, 0.25) is 0 Å². The first-order chi connectivity index (χ1) is 9.13. The van der Waals surface area contributed by atoms with Crippen LogP contribution in [0.4, 0.5) is 0 Å². The molecule has 0 aliphatic heterocycles. The molecule has 5 nitrogen and oxygen atoms in total. The van der Waals surface area contributed by atoms with Crippen LogP contribution in [0.1, 0.15) is 19.7 Å². The second-order valence-corrected chi connectivity index (χ2v) is 4.01. The molecule has 0 atom stereocenters. The summed E-state index contributed by atoms with van der Waals surface area (Å²) in [6, 6.07) is 1.80. The van der Waals surface area contributed by atoms with Gasteiger partial charge in [-0.1, -0.05) is 6.08 Å². The van der Waals surface area contributed by atoms with Crippen molar-refractivity contribution in [2.75, 3.05) is 14.1 Å². The van der Waals surface area contributed by atoms with Crippen molar-refractivity contribution in [3.8, 4) is 0 Å². The molecule has 0 unspecified atom stereocenters. The first kappa shape index (κ1) is 14.9. The predicted molar refractivity (Wildman–Crippen MR) is 78.8 cm³/mol. The molecule has 0 radical (unpaired) electrons. The van der Waals surface area contributed by atoms with Gasteiger partial charge in [0, 0.05) is 44.2 Å². The van der Waals surface area contributed by atoms with Crippen molar-refractivity contribution in [1.82, 2.24) is 15.3 Å². The minimum Gasteiger partial charge on any atom is -0.391 e. The molecular weight excluding hydrogens is 238 g/mol. The molecule has 3 N–H and O–H groups in total. The summed E-state index contributed by atoms with van der Waals surface area (Å²) in [5, 5.41) is 3.12. The molecule has 1 aromatic heterocycles. The third kappa shape index (κ3) is 3.91. The number of aromatic nitrogens is 2. The van der Waals surface area contributed by atoms with E-state index in [0.717, 1.165) is 22.7 Å². The SMILES string of the molecule is C/C=C(Cc1ncccn1)\C(C(N)=NC)=C(/C)NC. The monoisotopic (exact) mass is 259 g/mol. The number of nitrogens with two attached hydrogens (primary N) is 1. The normalized spacial score (nSPS) is 14.1. The highest BCUT2D eigenvalue weighted by atomic mass is 14.9. The molecule has 0 aliphatic rings. The molecule has 0 fully saturated rings. The first-order valence-electron chi connectivity index (χ1n) is 6.16. The molecule has 1 rings (SSSR count). The van der Waals surface area contributed by atoms with E-state index in [4.69, 9.17) is 5.73 Å². The van der Waals surface area contributed by atoms with Crippen LogP contribution in [0.5, 0.6) is 0 Å². The van der Waals surface area contributed by atoms with Crippen LogP contribution in [0, 0.1) is 0 Å². The van der Waals surface area contributed by atoms with E-state index in [-0.39, 0.29) is 0 Å². The lowest BCUT2D eigenvalue weighted by Crippen LogP contribution is -2.22. The summed E-state index contributed by atoms with van der Waals surface area (Å²) in [5.41, 5.74) is 8.95. The third-order valence-corrected chi connectivity index (χ3v) is 2.88. The van der Waals surface area contributed by atoms with Gasteiger partial charge in [-0.2, -0.15) is 0 Å². The van der Waals surface area contributed by atoms with Gasteiger partial charge >= 0.3 is 0 Å². The molecule has 19 heavy (non-hydrogen) atoms. The number of nitrogens with one attached hydrogen (secondary N) is 1. The van der Waals surface area contributed by atoms with Gasteiger partial charge in [0.2, 0.25) is 0 Å². The fourth-order valence-electron chi connectivity index (χ4n) is 1.76. The van der Waals surface area contributed by atoms with Crippen molar-refractivity contribution in [2.45, 2.75) is 20.3 Å². The largest absolute Gasteiger partial charge is 0.391 e. The van der Waals surface area contributed by atoms with Gasteiger partial charge in [-0.05, 0) is 25.5 Å². The van der Waals surface area contributed by atoms with Crippen molar-refractivity contribution in [2.24, 2.45) is 10.7 Å². The second-order valence-electron chi connectivity index (χ2n) is 4.01. The summed E-state index contributed by atoms with van der Waals surface area (Å²) >= 11 is 0. The smallest absolute Gasteiger partial charge is 0.132 e. The first-order valence-corrected chi connectivity index (χ1v) is 6.16. The number of hydrogen-bond donors (Lipinski definition) is 2. The number of rotatable bonds is 5. The van der Waals surface area contributed by atoms with Crippen molar-refractivity contribution in [3.63, 3.8) is 0 Å². The van der Waals surface area contributed by atoms with Crippen LogP contribution in [-0.2, 0) is 6.42 Å². The van der Waals surface area contributed by atoms with Crippen molar-refractivity contribution in [1.29, 1.82) is 0 Å². The number of allylic oxidation sites excluding steroid dienone is 2. The Hall–Kier alpha value is -2.17. The van der Waals surface area contributed by atoms with Gasteiger partial charge in [-0.3, -0.25) is 4.99 Å². The average molecular weight is 259 g/mol. The van der Waals surface area contributed by atoms with Crippen LogP contribution in [-0.4, -0.2) is 29.9 Å². The van der Waals surface area contributed by atoms with Crippen LogP contribution in [0.25, 0.3) is 0 Å². The molecule has 1 aromatic rings. The zero-order valence-electron chi connectivity index (χ0n) is 11.9. The van der Waals surface area contributed by atoms with Crippen molar-refractivity contribution < 1.29 is 0 Å². The van der Waals surface area contributed by atoms with E-state index in [1.165, 1.54) is 0 Å². The Morgan fingerprint density at radius 1 is 1.42 bits per heavy atom. The maximum Gasteiger partial charge on any atom is 0.132 e. The topological polar surface area (TPSA) is 76.2 Å². The van der Waals surface area contributed by atoms with Crippen molar-refractivity contribution in [3.05, 3.63) is 47.2 Å². The van der Waals surface area contributed by atoms with Gasteiger partial charge in [0.15, 0.2) is 0 Å². The summed E-state index contributed by atoms with van der Waals surface area (Å²) in [6.07, 6.45) is 6.12. The summed E-state index contributed by atoms with van der Waals surface area (Å²) in [7, 11) is 3.55. The lowest BCUT2D eigenvalue weighted by molar-refractivity contribution is 0.933. The van der Waals surface area contributed by atoms with Gasteiger partial charge in [0.1, 0.15) is 11.7 Å². The van der Waals surface area contributed by atoms with E-state index in [1.54, 1.807) is 25.5 Å².